The van der Waals surface area contributed by atoms with Crippen molar-refractivity contribution in [3.05, 3.63) is 69.3 Å². The highest BCUT2D eigenvalue weighted by Crippen LogP contribution is 2.18. The standard InChI is InChI=1S/C17H18INO4/c18-14-8-6-13(7-9-14)16(21)15(20)10-19-17(22)23-11-12-4-2-1-3-5-12/h1-9,15-16,20-21H,10-11H2,(H,19,22). The van der Waals surface area contributed by atoms with E-state index in [1.54, 1.807) is 12.1 Å². The van der Waals surface area contributed by atoms with Gasteiger partial charge in [-0.25, -0.2) is 4.79 Å². The lowest BCUT2D eigenvalue weighted by molar-refractivity contribution is 0.0184. The quantitative estimate of drug-likeness (QED) is 0.620. The summed E-state index contributed by atoms with van der Waals surface area (Å²) in [5, 5.41) is 22.5. The van der Waals surface area contributed by atoms with E-state index in [1.165, 1.54) is 0 Å². The fraction of sp³-hybridized carbons (Fsp3) is 0.235. The molecule has 5 nitrogen and oxygen atoms in total. The third-order valence-electron chi connectivity index (χ3n) is 3.24. The number of ether oxygens (including phenoxy) is 1. The Morgan fingerprint density at radius 1 is 1.09 bits per heavy atom. The zero-order chi connectivity index (χ0) is 16.7. The van der Waals surface area contributed by atoms with Crippen molar-refractivity contribution in [3.63, 3.8) is 0 Å². The third kappa shape index (κ3) is 5.81. The van der Waals surface area contributed by atoms with Gasteiger partial charge >= 0.3 is 6.09 Å². The van der Waals surface area contributed by atoms with Crippen LogP contribution in [0.2, 0.25) is 0 Å². The molecule has 2 unspecified atom stereocenters. The number of hydrogen-bond acceptors (Lipinski definition) is 4. The van der Waals surface area contributed by atoms with E-state index >= 15 is 0 Å². The number of carbonyl (C=O) groups excluding carboxylic acids is 1. The van der Waals surface area contributed by atoms with Gasteiger partial charge in [-0.2, -0.15) is 0 Å². The molecule has 3 N–H and O–H groups in total. The number of alkyl carbamates (subject to hydrolysis) is 1. The second-order valence-electron chi connectivity index (χ2n) is 5.01. The van der Waals surface area contributed by atoms with Gasteiger partial charge in [0.2, 0.25) is 0 Å². The van der Waals surface area contributed by atoms with Gasteiger partial charge in [-0.05, 0) is 45.9 Å². The van der Waals surface area contributed by atoms with Crippen LogP contribution in [0.15, 0.2) is 54.6 Å². The zero-order valence-electron chi connectivity index (χ0n) is 12.4. The van der Waals surface area contributed by atoms with Crippen LogP contribution in [0.4, 0.5) is 4.79 Å². The molecule has 0 aliphatic carbocycles. The number of aliphatic hydroxyl groups excluding tert-OH is 2. The maximum atomic E-state index is 11.6. The second-order valence-corrected chi connectivity index (χ2v) is 6.25. The van der Waals surface area contributed by atoms with Crippen LogP contribution in [0.25, 0.3) is 0 Å². The molecule has 0 aliphatic heterocycles. The van der Waals surface area contributed by atoms with Crippen LogP contribution in [-0.4, -0.2) is 29.0 Å². The Hall–Kier alpha value is -1.64. The van der Waals surface area contributed by atoms with Crippen molar-refractivity contribution in [3.8, 4) is 0 Å². The van der Waals surface area contributed by atoms with Crippen LogP contribution in [0.1, 0.15) is 17.2 Å². The first-order valence-corrected chi connectivity index (χ1v) is 8.20. The molecule has 0 aliphatic rings. The van der Waals surface area contributed by atoms with Gasteiger partial charge in [0.1, 0.15) is 18.8 Å². The van der Waals surface area contributed by atoms with E-state index in [-0.39, 0.29) is 13.2 Å². The first-order valence-electron chi connectivity index (χ1n) is 7.12. The molecule has 0 saturated heterocycles. The Bertz CT molecular complexity index is 618. The number of nitrogens with one attached hydrogen (secondary N) is 1. The maximum Gasteiger partial charge on any atom is 0.407 e. The van der Waals surface area contributed by atoms with Crippen molar-refractivity contribution < 1.29 is 19.7 Å². The molecule has 2 aromatic rings. The summed E-state index contributed by atoms with van der Waals surface area (Å²) in [5.41, 5.74) is 1.47. The number of rotatable bonds is 6. The van der Waals surface area contributed by atoms with E-state index in [0.29, 0.717) is 5.56 Å². The molecule has 0 saturated carbocycles. The fourth-order valence-corrected chi connectivity index (χ4v) is 2.32. The molecule has 6 heteroatoms. The molecule has 122 valence electrons. The summed E-state index contributed by atoms with van der Waals surface area (Å²) >= 11 is 2.16. The van der Waals surface area contributed by atoms with Crippen LogP contribution in [0.3, 0.4) is 0 Å². The SMILES string of the molecule is O=C(NCC(O)C(O)c1ccc(I)cc1)OCc1ccccc1. The average molecular weight is 427 g/mol. The molecule has 2 aromatic carbocycles. The van der Waals surface area contributed by atoms with Crippen molar-refractivity contribution in [1.29, 1.82) is 0 Å². The van der Waals surface area contributed by atoms with Gasteiger partial charge in [-0.15, -0.1) is 0 Å². The highest BCUT2D eigenvalue weighted by atomic mass is 127. The normalized spacial score (nSPS) is 13.2. The van der Waals surface area contributed by atoms with Crippen molar-refractivity contribution in [1.82, 2.24) is 5.32 Å². The Balaban J connectivity index is 1.75. The number of benzene rings is 2. The molecular formula is C17H18INO4. The molecule has 2 atom stereocenters. The molecule has 2 rings (SSSR count). The Kier molecular flexibility index (Phi) is 6.82. The Labute approximate surface area is 148 Å². The summed E-state index contributed by atoms with van der Waals surface area (Å²) < 4.78 is 6.07. The van der Waals surface area contributed by atoms with E-state index < -0.39 is 18.3 Å². The first-order chi connectivity index (χ1) is 11.1. The van der Waals surface area contributed by atoms with Gasteiger partial charge in [-0.3, -0.25) is 0 Å². The van der Waals surface area contributed by atoms with Crippen LogP contribution in [0, 0.1) is 3.57 Å². The molecule has 0 bridgehead atoms. The summed E-state index contributed by atoms with van der Waals surface area (Å²) in [6.07, 6.45) is -2.82. The van der Waals surface area contributed by atoms with Crippen molar-refractivity contribution in [2.75, 3.05) is 6.54 Å². The van der Waals surface area contributed by atoms with Gasteiger partial charge in [-0.1, -0.05) is 42.5 Å². The Morgan fingerprint density at radius 3 is 2.39 bits per heavy atom. The van der Waals surface area contributed by atoms with Crippen molar-refractivity contribution in [2.45, 2.75) is 18.8 Å². The summed E-state index contributed by atoms with van der Waals surface area (Å²) in [7, 11) is 0. The minimum absolute atomic E-state index is 0.0965. The first kappa shape index (κ1) is 17.7. The number of aliphatic hydroxyl groups is 2. The number of hydrogen-bond donors (Lipinski definition) is 3. The van der Waals surface area contributed by atoms with Crippen LogP contribution in [-0.2, 0) is 11.3 Å². The lowest BCUT2D eigenvalue weighted by atomic mass is 10.0. The topological polar surface area (TPSA) is 78.8 Å². The fourth-order valence-electron chi connectivity index (χ4n) is 1.96. The molecule has 0 spiro atoms. The smallest absolute Gasteiger partial charge is 0.407 e. The van der Waals surface area contributed by atoms with Crippen molar-refractivity contribution in [2.24, 2.45) is 0 Å². The second kappa shape index (κ2) is 8.85. The minimum Gasteiger partial charge on any atom is -0.445 e. The van der Waals surface area contributed by atoms with E-state index in [9.17, 15) is 15.0 Å². The molecule has 23 heavy (non-hydrogen) atoms. The predicted molar refractivity (Wildman–Crippen MR) is 94.8 cm³/mol. The summed E-state index contributed by atoms with van der Waals surface area (Å²) in [4.78, 5) is 11.6. The van der Waals surface area contributed by atoms with E-state index in [0.717, 1.165) is 9.13 Å². The summed E-state index contributed by atoms with van der Waals surface area (Å²) in [6, 6.07) is 16.5. The average Bonchev–Trinajstić information content (AvgIpc) is 2.58. The zero-order valence-corrected chi connectivity index (χ0v) is 14.5. The van der Waals surface area contributed by atoms with Gasteiger partial charge < -0.3 is 20.3 Å². The highest BCUT2D eigenvalue weighted by molar-refractivity contribution is 14.1. The lowest BCUT2D eigenvalue weighted by Gasteiger charge is -2.18. The molecule has 0 heterocycles. The molecule has 0 radical (unpaired) electrons. The third-order valence-corrected chi connectivity index (χ3v) is 3.96. The number of halogens is 1. The van der Waals surface area contributed by atoms with Gasteiger partial charge in [0.25, 0.3) is 0 Å². The van der Waals surface area contributed by atoms with E-state index in [4.69, 9.17) is 4.74 Å². The van der Waals surface area contributed by atoms with Crippen LogP contribution < -0.4 is 5.32 Å². The molecular weight excluding hydrogens is 409 g/mol. The van der Waals surface area contributed by atoms with Crippen LogP contribution in [0.5, 0.6) is 0 Å². The molecule has 1 amide bonds. The lowest BCUT2D eigenvalue weighted by Crippen LogP contribution is -2.35. The minimum atomic E-state index is -1.11. The number of amides is 1. The molecule has 0 fully saturated rings. The van der Waals surface area contributed by atoms with Gasteiger partial charge in [0.05, 0.1) is 0 Å². The maximum absolute atomic E-state index is 11.6. The van der Waals surface area contributed by atoms with Gasteiger partial charge in [0, 0.05) is 10.1 Å². The summed E-state index contributed by atoms with van der Waals surface area (Å²) in [6.45, 7) is 0.0588. The van der Waals surface area contributed by atoms with E-state index in [2.05, 4.69) is 27.9 Å². The monoisotopic (exact) mass is 427 g/mol. The highest BCUT2D eigenvalue weighted by Gasteiger charge is 2.19. The largest absolute Gasteiger partial charge is 0.445 e. The van der Waals surface area contributed by atoms with Crippen LogP contribution >= 0.6 is 22.6 Å². The van der Waals surface area contributed by atoms with Gasteiger partial charge in [0.15, 0.2) is 0 Å². The van der Waals surface area contributed by atoms with E-state index in [1.807, 2.05) is 42.5 Å². The van der Waals surface area contributed by atoms with Crippen molar-refractivity contribution >= 4 is 28.7 Å². The molecule has 0 aromatic heterocycles. The predicted octanol–water partition coefficient (Wildman–Crippen LogP) is 2.61. The Morgan fingerprint density at radius 2 is 1.74 bits per heavy atom. The summed E-state index contributed by atoms with van der Waals surface area (Å²) in [5.74, 6) is 0. The number of carbonyl (C=O) groups is 1.